The Labute approximate surface area is 155 Å². The summed E-state index contributed by atoms with van der Waals surface area (Å²) in [4.78, 5) is 14.4. The van der Waals surface area contributed by atoms with Gasteiger partial charge in [0.1, 0.15) is 11.9 Å². The van der Waals surface area contributed by atoms with Crippen LogP contribution < -0.4 is 14.7 Å². The summed E-state index contributed by atoms with van der Waals surface area (Å²) in [5, 5.41) is 9.30. The van der Waals surface area contributed by atoms with E-state index in [0.717, 1.165) is 11.9 Å². The lowest BCUT2D eigenvalue weighted by molar-refractivity contribution is -0.137. The summed E-state index contributed by atoms with van der Waals surface area (Å²) >= 11 is 0. The van der Waals surface area contributed by atoms with Crippen molar-refractivity contribution in [2.75, 3.05) is 55.0 Å². The normalized spacial score (nSPS) is 14.8. The number of hydrogen-bond donors (Lipinski definition) is 0. The third kappa shape index (κ3) is 3.89. The average Bonchev–Trinajstić information content (AvgIpc) is 2.67. The zero-order valence-electron chi connectivity index (χ0n) is 15.0. The Kier molecular flexibility index (Phi) is 5.08. The van der Waals surface area contributed by atoms with Gasteiger partial charge in [0.05, 0.1) is 16.8 Å². The molecule has 0 bridgehead atoms. The van der Waals surface area contributed by atoms with E-state index in [1.807, 2.05) is 30.0 Å². The van der Waals surface area contributed by atoms with Crippen LogP contribution in [0.1, 0.15) is 11.1 Å². The maximum atomic E-state index is 13.2. The van der Waals surface area contributed by atoms with Crippen LogP contribution in [-0.4, -0.2) is 50.2 Å². The Hall–Kier alpha value is -3.02. The Morgan fingerprint density at radius 2 is 1.74 bits per heavy atom. The largest absolute Gasteiger partial charge is 0.417 e. The molecule has 1 fully saturated rings. The van der Waals surface area contributed by atoms with Gasteiger partial charge in [-0.1, -0.05) is 6.07 Å². The van der Waals surface area contributed by atoms with Gasteiger partial charge in [0.25, 0.3) is 0 Å². The van der Waals surface area contributed by atoms with E-state index in [4.69, 9.17) is 0 Å². The van der Waals surface area contributed by atoms with Crippen LogP contribution in [0.2, 0.25) is 0 Å². The topological polar surface area (TPSA) is 59.3 Å². The zero-order valence-corrected chi connectivity index (χ0v) is 15.0. The van der Waals surface area contributed by atoms with Crippen LogP contribution in [0.5, 0.6) is 0 Å². The van der Waals surface area contributed by atoms with Crippen LogP contribution in [0.25, 0.3) is 0 Å². The summed E-state index contributed by atoms with van der Waals surface area (Å²) in [7, 11) is 3.71. The number of piperazine rings is 1. The quantitative estimate of drug-likeness (QED) is 0.821. The van der Waals surface area contributed by atoms with Crippen LogP contribution in [0, 0.1) is 11.3 Å². The van der Waals surface area contributed by atoms with Crippen LogP contribution >= 0.6 is 0 Å². The lowest BCUT2D eigenvalue weighted by Crippen LogP contribution is -2.47. The lowest BCUT2D eigenvalue weighted by atomic mass is 10.0. The molecule has 1 aromatic carbocycles. The minimum absolute atomic E-state index is 0.323. The number of rotatable bonds is 3. The second-order valence-electron chi connectivity index (χ2n) is 6.39. The first-order chi connectivity index (χ1) is 12.8. The van der Waals surface area contributed by atoms with E-state index in [1.54, 1.807) is 18.3 Å². The number of alkyl halides is 3. The first-order valence-electron chi connectivity index (χ1n) is 8.42. The van der Waals surface area contributed by atoms with Crippen LogP contribution in [-0.2, 0) is 6.18 Å². The van der Waals surface area contributed by atoms with Gasteiger partial charge in [-0.15, -0.1) is 0 Å². The summed E-state index contributed by atoms with van der Waals surface area (Å²) < 4.78 is 39.5. The molecule has 6 nitrogen and oxygen atoms in total. The highest BCUT2D eigenvalue weighted by Crippen LogP contribution is 2.36. The highest BCUT2D eigenvalue weighted by Gasteiger charge is 2.35. The highest BCUT2D eigenvalue weighted by molar-refractivity contribution is 5.64. The minimum atomic E-state index is -4.55. The van der Waals surface area contributed by atoms with Gasteiger partial charge in [-0.2, -0.15) is 23.4 Å². The predicted octanol–water partition coefficient (Wildman–Crippen LogP) is 2.76. The molecule has 1 saturated heterocycles. The molecule has 3 rings (SSSR count). The number of benzene rings is 1. The van der Waals surface area contributed by atoms with Gasteiger partial charge in [0.2, 0.25) is 5.95 Å². The van der Waals surface area contributed by atoms with Crippen molar-refractivity contribution in [2.45, 2.75) is 6.18 Å². The van der Waals surface area contributed by atoms with E-state index in [1.165, 1.54) is 6.07 Å². The summed E-state index contributed by atoms with van der Waals surface area (Å²) in [5.41, 5.74) is -0.893. The molecule has 0 atom stereocenters. The van der Waals surface area contributed by atoms with E-state index in [-0.39, 0.29) is 5.56 Å². The maximum Gasteiger partial charge on any atom is 0.417 e. The number of hydrogen-bond acceptors (Lipinski definition) is 6. The van der Waals surface area contributed by atoms with Crippen LogP contribution in [0.4, 0.5) is 30.6 Å². The molecule has 2 aromatic rings. The average molecular weight is 376 g/mol. The number of anilines is 3. The van der Waals surface area contributed by atoms with E-state index < -0.39 is 11.7 Å². The lowest BCUT2D eigenvalue weighted by Gasteiger charge is -2.37. The van der Waals surface area contributed by atoms with Crippen LogP contribution in [0.3, 0.4) is 0 Å². The van der Waals surface area contributed by atoms with Crippen molar-refractivity contribution in [3.63, 3.8) is 0 Å². The monoisotopic (exact) mass is 376 g/mol. The molecule has 142 valence electrons. The molecule has 0 N–H and O–H groups in total. The molecule has 0 radical (unpaired) electrons. The van der Waals surface area contributed by atoms with Crippen molar-refractivity contribution in [1.29, 1.82) is 5.26 Å². The van der Waals surface area contributed by atoms with Gasteiger partial charge in [-0.05, 0) is 18.2 Å². The molecule has 0 spiro atoms. The van der Waals surface area contributed by atoms with Crippen molar-refractivity contribution in [3.8, 4) is 6.07 Å². The molecule has 0 aliphatic carbocycles. The van der Waals surface area contributed by atoms with Gasteiger partial charge in [0.15, 0.2) is 0 Å². The first-order valence-corrected chi connectivity index (χ1v) is 8.42. The number of nitriles is 1. The third-order valence-electron chi connectivity index (χ3n) is 4.43. The third-order valence-corrected chi connectivity index (χ3v) is 4.43. The molecule has 1 aliphatic heterocycles. The van der Waals surface area contributed by atoms with E-state index >= 15 is 0 Å². The molecule has 9 heteroatoms. The fraction of sp³-hybridized carbons (Fsp3) is 0.389. The number of nitrogens with zero attached hydrogens (tertiary/aromatic N) is 6. The Balaban J connectivity index is 1.79. The predicted molar refractivity (Wildman–Crippen MR) is 96.9 cm³/mol. The molecule has 0 amide bonds. The van der Waals surface area contributed by atoms with Gasteiger partial charge in [-0.3, -0.25) is 0 Å². The summed E-state index contributed by atoms with van der Waals surface area (Å²) in [6.07, 6.45) is -2.86. The molecular formula is C18H19F3N6. The molecular weight excluding hydrogens is 357 g/mol. The molecule has 0 saturated carbocycles. The van der Waals surface area contributed by atoms with Crippen molar-refractivity contribution < 1.29 is 13.2 Å². The summed E-state index contributed by atoms with van der Waals surface area (Å²) in [5.74, 6) is 1.37. The van der Waals surface area contributed by atoms with Gasteiger partial charge in [0, 0.05) is 46.5 Å². The molecule has 1 aliphatic rings. The van der Waals surface area contributed by atoms with E-state index in [0.29, 0.717) is 37.8 Å². The van der Waals surface area contributed by atoms with Crippen molar-refractivity contribution in [1.82, 2.24) is 9.97 Å². The summed E-state index contributed by atoms with van der Waals surface area (Å²) in [6, 6.07) is 7.40. The van der Waals surface area contributed by atoms with Gasteiger partial charge >= 0.3 is 6.18 Å². The van der Waals surface area contributed by atoms with E-state index in [9.17, 15) is 18.4 Å². The Morgan fingerprint density at radius 1 is 1.07 bits per heavy atom. The van der Waals surface area contributed by atoms with E-state index in [2.05, 4.69) is 14.9 Å². The minimum Gasteiger partial charge on any atom is -0.367 e. The molecule has 0 unspecified atom stereocenters. The van der Waals surface area contributed by atoms with Crippen LogP contribution in [0.15, 0.2) is 30.5 Å². The fourth-order valence-corrected chi connectivity index (χ4v) is 3.06. The molecule has 2 heterocycles. The smallest absolute Gasteiger partial charge is 0.367 e. The number of aromatic nitrogens is 2. The highest BCUT2D eigenvalue weighted by atomic mass is 19.4. The van der Waals surface area contributed by atoms with Crippen molar-refractivity contribution in [3.05, 3.63) is 41.6 Å². The Bertz CT molecular complexity index is 851. The second kappa shape index (κ2) is 7.31. The second-order valence-corrected chi connectivity index (χ2v) is 6.39. The zero-order chi connectivity index (χ0) is 19.6. The maximum absolute atomic E-state index is 13.2. The molecule has 27 heavy (non-hydrogen) atoms. The standard InChI is InChI=1S/C18H19F3N6/c1-25(2)17-23-7-6-16(24-17)27-10-8-26(9-11-27)15-5-3-4-14(13(15)12-22)18(19,20)21/h3-7H,8-11H2,1-2H3. The van der Waals surface area contributed by atoms with Gasteiger partial charge in [-0.25, -0.2) is 4.98 Å². The van der Waals surface area contributed by atoms with Crippen molar-refractivity contribution in [2.24, 2.45) is 0 Å². The first kappa shape index (κ1) is 18.8. The molecule has 1 aromatic heterocycles. The fourth-order valence-electron chi connectivity index (χ4n) is 3.06. The van der Waals surface area contributed by atoms with Crippen molar-refractivity contribution >= 4 is 17.5 Å². The number of halogens is 3. The summed E-state index contributed by atoms with van der Waals surface area (Å²) in [6.45, 7) is 2.17. The SMILES string of the molecule is CN(C)c1nccc(N2CCN(c3cccc(C(F)(F)F)c3C#N)CC2)n1. The Morgan fingerprint density at radius 3 is 2.33 bits per heavy atom. The van der Waals surface area contributed by atoms with Gasteiger partial charge < -0.3 is 14.7 Å².